The zero-order valence-electron chi connectivity index (χ0n) is 43.6. The lowest BCUT2D eigenvalue weighted by molar-refractivity contribution is 0.103. The van der Waals surface area contributed by atoms with Crippen LogP contribution in [-0.4, -0.2) is 16.4 Å². The summed E-state index contributed by atoms with van der Waals surface area (Å²) in [5.74, 6) is 0.249. The van der Waals surface area contributed by atoms with Gasteiger partial charge in [-0.15, -0.1) is 0 Å². The number of hydrogen-bond donors (Lipinski definition) is 0. The molecule has 2 spiro atoms. The molecule has 5 aliphatic carbocycles. The van der Waals surface area contributed by atoms with Crippen LogP contribution in [0.3, 0.4) is 0 Å². The number of benzene rings is 11. The number of para-hydroxylation sites is 3. The van der Waals surface area contributed by atoms with E-state index in [1.54, 1.807) is 0 Å². The molecule has 11 aromatic carbocycles. The Morgan fingerprint density at radius 1 is 0.400 bits per heavy atom. The molecule has 0 amide bonds. The maximum absolute atomic E-state index is 16.0. The van der Waals surface area contributed by atoms with Gasteiger partial charge in [0.2, 0.25) is 0 Å². The number of hydrogen-bond acceptors (Lipinski definition) is 2. The Morgan fingerprint density at radius 2 is 0.838 bits per heavy atom. The van der Waals surface area contributed by atoms with E-state index >= 15 is 4.79 Å². The summed E-state index contributed by atoms with van der Waals surface area (Å²) in [5.41, 5.74) is 27.4. The maximum Gasteiger partial charge on any atom is 0.193 e. The average Bonchev–Trinajstić information content (AvgIpc) is 3.28. The fraction of sp³-hybridized carbons (Fsp3) is 0.0519. The van der Waals surface area contributed by atoms with Crippen molar-refractivity contribution in [3.8, 4) is 50.2 Å². The monoisotopic (exact) mass is 1020 g/mol. The van der Waals surface area contributed by atoms with Gasteiger partial charge in [0, 0.05) is 44.9 Å². The van der Waals surface area contributed by atoms with Gasteiger partial charge < -0.3 is 9.47 Å². The van der Waals surface area contributed by atoms with E-state index < -0.39 is 10.8 Å². The van der Waals surface area contributed by atoms with Crippen LogP contribution in [0.1, 0.15) is 77.5 Å². The van der Waals surface area contributed by atoms with E-state index in [9.17, 15) is 0 Å². The molecule has 3 heteroatoms. The largest absolute Gasteiger partial charge is 0.333 e. The summed E-state index contributed by atoms with van der Waals surface area (Å²) >= 11 is 0. The molecule has 0 radical (unpaired) electrons. The van der Waals surface area contributed by atoms with Crippen molar-refractivity contribution in [2.24, 2.45) is 0 Å². The van der Waals surface area contributed by atoms with Gasteiger partial charge in [-0.1, -0.05) is 213 Å². The minimum Gasteiger partial charge on any atom is -0.333 e. The van der Waals surface area contributed by atoms with E-state index in [0.717, 1.165) is 39.2 Å². The molecule has 0 saturated carbocycles. The number of aromatic nitrogens is 1. The Bertz CT molecular complexity index is 4770. The van der Waals surface area contributed by atoms with Crippen LogP contribution in [0.15, 0.2) is 267 Å². The average molecular weight is 1020 g/mol. The van der Waals surface area contributed by atoms with Crippen molar-refractivity contribution in [3.05, 3.63) is 334 Å². The summed E-state index contributed by atoms with van der Waals surface area (Å²) in [4.78, 5) is 18.5. The first-order valence-electron chi connectivity index (χ1n) is 28.0. The van der Waals surface area contributed by atoms with Crippen molar-refractivity contribution < 1.29 is 4.79 Å². The first kappa shape index (κ1) is 44.0. The van der Waals surface area contributed by atoms with Gasteiger partial charge in [-0.2, -0.15) is 0 Å². The Labute approximate surface area is 464 Å². The Morgan fingerprint density at radius 3 is 1.44 bits per heavy atom. The van der Waals surface area contributed by atoms with Crippen molar-refractivity contribution in [3.63, 3.8) is 0 Å². The number of rotatable bonds is 5. The standard InChI is InChI=1S/C77H48N2O/c1-2-46-31-36-54-56-38-33-47(42-67(56)76(66(54)41-46)63-24-10-3-17-51(63)52-18-4-11-25-64(52)76)75(80)48-32-37-55-53-19-5-12-26-65(53)77(68(55)43-48)69-44-49(78-71-27-13-6-20-59(71)60-21-7-14-28-72(60)78)34-39-57(69)58-40-35-50(45-70(58)77)79-73-29-15-8-22-61(73)62-23-9-16-30-74(62)79/h2-45,59,71H,1H2. The third kappa shape index (κ3) is 5.37. The molecule has 80 heavy (non-hydrogen) atoms. The highest BCUT2D eigenvalue weighted by Gasteiger charge is 2.54. The van der Waals surface area contributed by atoms with Crippen LogP contribution in [0.25, 0.3) is 78.1 Å². The minimum atomic E-state index is -0.775. The lowest BCUT2D eigenvalue weighted by atomic mass is 9.69. The quantitative estimate of drug-likeness (QED) is 0.161. The number of allylic oxidation sites excluding steroid dienone is 2. The highest BCUT2D eigenvalue weighted by atomic mass is 16.1. The van der Waals surface area contributed by atoms with Gasteiger partial charge in [0.15, 0.2) is 5.78 Å². The molecule has 0 saturated heterocycles. The number of nitrogens with zero attached hydrogens (tertiary/aromatic N) is 2. The summed E-state index contributed by atoms with van der Waals surface area (Å²) in [7, 11) is 0. The predicted molar refractivity (Wildman–Crippen MR) is 327 cm³/mol. The van der Waals surface area contributed by atoms with Crippen LogP contribution in [0.2, 0.25) is 0 Å². The summed E-state index contributed by atoms with van der Waals surface area (Å²) < 4.78 is 2.44. The van der Waals surface area contributed by atoms with E-state index in [2.05, 4.69) is 277 Å². The molecule has 1 aliphatic heterocycles. The maximum atomic E-state index is 16.0. The normalized spacial score (nSPS) is 18.1. The van der Waals surface area contributed by atoms with Gasteiger partial charge in [-0.3, -0.25) is 4.79 Å². The molecule has 0 fully saturated rings. The minimum absolute atomic E-state index is 0.00208. The second-order valence-electron chi connectivity index (χ2n) is 22.5. The topological polar surface area (TPSA) is 25.2 Å². The molecule has 372 valence electrons. The van der Waals surface area contributed by atoms with Crippen LogP contribution in [0, 0.1) is 0 Å². The van der Waals surface area contributed by atoms with Gasteiger partial charge in [0.25, 0.3) is 0 Å². The van der Waals surface area contributed by atoms with E-state index in [1.165, 1.54) is 99.8 Å². The fourth-order valence-electron chi connectivity index (χ4n) is 16.0. The number of anilines is 2. The molecule has 3 atom stereocenters. The molecule has 2 heterocycles. The molecule has 12 aromatic rings. The molecule has 1 aromatic heterocycles. The molecule has 0 N–H and O–H groups in total. The molecule has 0 bridgehead atoms. The van der Waals surface area contributed by atoms with Crippen LogP contribution >= 0.6 is 0 Å². The van der Waals surface area contributed by atoms with Crippen LogP contribution < -0.4 is 4.90 Å². The lowest BCUT2D eigenvalue weighted by Crippen LogP contribution is -2.30. The molecule has 3 nitrogen and oxygen atoms in total. The Balaban J connectivity index is 0.868. The van der Waals surface area contributed by atoms with Gasteiger partial charge in [0.05, 0.1) is 27.9 Å². The van der Waals surface area contributed by atoms with Crippen molar-refractivity contribution in [2.75, 3.05) is 4.90 Å². The predicted octanol–water partition coefficient (Wildman–Crippen LogP) is 18.1. The van der Waals surface area contributed by atoms with E-state index in [-0.39, 0.29) is 17.7 Å². The van der Waals surface area contributed by atoms with Crippen molar-refractivity contribution in [1.29, 1.82) is 0 Å². The van der Waals surface area contributed by atoms with Crippen LogP contribution in [-0.2, 0) is 10.8 Å². The van der Waals surface area contributed by atoms with E-state index in [4.69, 9.17) is 0 Å². The first-order chi connectivity index (χ1) is 39.5. The summed E-state index contributed by atoms with van der Waals surface area (Å²) in [5, 5.41) is 2.46. The van der Waals surface area contributed by atoms with Crippen molar-refractivity contribution >= 4 is 45.0 Å². The zero-order chi connectivity index (χ0) is 52.6. The van der Waals surface area contributed by atoms with Crippen LogP contribution in [0.4, 0.5) is 11.4 Å². The summed E-state index contributed by atoms with van der Waals surface area (Å²) in [6.07, 6.45) is 11.1. The highest BCUT2D eigenvalue weighted by Crippen LogP contribution is 2.66. The smallest absolute Gasteiger partial charge is 0.193 e. The molecule has 3 unspecified atom stereocenters. The molecule has 18 rings (SSSR count). The highest BCUT2D eigenvalue weighted by molar-refractivity contribution is 6.12. The molecule has 6 aliphatic rings. The number of ketones is 1. The third-order valence-corrected chi connectivity index (χ3v) is 19.1. The first-order valence-corrected chi connectivity index (χ1v) is 28.0. The zero-order valence-corrected chi connectivity index (χ0v) is 43.6. The lowest BCUT2D eigenvalue weighted by Gasteiger charge is -2.33. The van der Waals surface area contributed by atoms with Gasteiger partial charge in [-0.05, 0) is 161 Å². The number of carbonyl (C=O) groups excluding carboxylic acids is 1. The SMILES string of the molecule is C=Cc1ccc2c(c1)C1(c3ccccc3-c3ccccc31)c1cc(C(=O)c3ccc4c(c3)C3(c5ccccc5-4)c4cc(N5c6ccccc6C6C=CC=CC65)ccc4-c4ccc(-n5c6ccccc6c6ccccc65)cc43)ccc1-2. The van der Waals surface area contributed by atoms with Gasteiger partial charge >= 0.3 is 0 Å². The second-order valence-corrected chi connectivity index (χ2v) is 22.5. The number of carbonyl (C=O) groups is 1. The Kier molecular flexibility index (Phi) is 8.67. The molecular formula is C77H48N2O. The third-order valence-electron chi connectivity index (χ3n) is 19.1. The van der Waals surface area contributed by atoms with Crippen molar-refractivity contribution in [1.82, 2.24) is 4.57 Å². The Hall–Kier alpha value is -10.1. The second kappa shape index (κ2) is 15.8. The van der Waals surface area contributed by atoms with E-state index in [0.29, 0.717) is 11.1 Å². The van der Waals surface area contributed by atoms with Crippen molar-refractivity contribution in [2.45, 2.75) is 22.8 Å². The fourth-order valence-corrected chi connectivity index (χ4v) is 16.0. The molecular weight excluding hydrogens is 969 g/mol. The summed E-state index contributed by atoms with van der Waals surface area (Å²) in [6.45, 7) is 4.20. The van der Waals surface area contributed by atoms with Gasteiger partial charge in [-0.25, -0.2) is 0 Å². The van der Waals surface area contributed by atoms with Gasteiger partial charge in [0.1, 0.15) is 0 Å². The van der Waals surface area contributed by atoms with Crippen LogP contribution in [0.5, 0.6) is 0 Å². The van der Waals surface area contributed by atoms with E-state index in [1.807, 2.05) is 6.08 Å². The number of fused-ring (bicyclic) bond motifs is 26. The summed E-state index contributed by atoms with van der Waals surface area (Å²) in [6, 6.07) is 87.5.